The first-order chi connectivity index (χ1) is 12.9. The molecule has 8 heteroatoms. The summed E-state index contributed by atoms with van der Waals surface area (Å²) in [6.07, 6.45) is 1.56. The van der Waals surface area contributed by atoms with Crippen molar-refractivity contribution in [3.05, 3.63) is 64.0 Å². The molecule has 0 unspecified atom stereocenters. The number of amides is 1. The van der Waals surface area contributed by atoms with Crippen molar-refractivity contribution in [3.8, 4) is 11.5 Å². The molecule has 1 aromatic carbocycles. The van der Waals surface area contributed by atoms with Gasteiger partial charge >= 0.3 is 0 Å². The maximum Gasteiger partial charge on any atom is 0.256 e. The smallest absolute Gasteiger partial charge is 0.256 e. The van der Waals surface area contributed by atoms with E-state index in [1.165, 1.54) is 0 Å². The summed E-state index contributed by atoms with van der Waals surface area (Å²) in [5.41, 5.74) is 2.75. The van der Waals surface area contributed by atoms with Gasteiger partial charge in [0.25, 0.3) is 5.91 Å². The van der Waals surface area contributed by atoms with Crippen LogP contribution in [0.15, 0.2) is 47.1 Å². The highest BCUT2D eigenvalue weighted by Crippen LogP contribution is 2.30. The van der Waals surface area contributed by atoms with Gasteiger partial charge in [-0.2, -0.15) is 5.10 Å². The third kappa shape index (κ3) is 3.18. The number of rotatable bonds is 3. The van der Waals surface area contributed by atoms with Crippen molar-refractivity contribution in [1.82, 2.24) is 14.8 Å². The van der Waals surface area contributed by atoms with Crippen molar-refractivity contribution in [2.75, 3.05) is 5.32 Å². The monoisotopic (exact) mass is 400 g/mol. The van der Waals surface area contributed by atoms with E-state index in [-0.39, 0.29) is 5.91 Å². The summed E-state index contributed by atoms with van der Waals surface area (Å²) in [5.74, 6) is 0.241. The SMILES string of the molecule is Cc1nn(C)c2nc(-c3ccco3)cc(C(=O)Nc3ccc(Cl)cc3Cl)c12. The number of hydrogen-bond donors (Lipinski definition) is 1. The highest BCUT2D eigenvalue weighted by molar-refractivity contribution is 6.37. The Balaban J connectivity index is 1.85. The van der Waals surface area contributed by atoms with Crippen LogP contribution in [-0.4, -0.2) is 20.7 Å². The molecule has 0 aliphatic rings. The molecule has 0 bridgehead atoms. The number of anilines is 1. The number of carbonyl (C=O) groups is 1. The molecule has 4 aromatic rings. The van der Waals surface area contributed by atoms with Gasteiger partial charge < -0.3 is 9.73 Å². The fourth-order valence-corrected chi connectivity index (χ4v) is 3.41. The Labute approximate surface area is 164 Å². The maximum atomic E-state index is 13.1. The average molecular weight is 401 g/mol. The largest absolute Gasteiger partial charge is 0.463 e. The zero-order valence-electron chi connectivity index (χ0n) is 14.5. The molecular weight excluding hydrogens is 387 g/mol. The van der Waals surface area contributed by atoms with E-state index in [0.29, 0.717) is 49.5 Å². The van der Waals surface area contributed by atoms with Gasteiger partial charge in [0.15, 0.2) is 11.4 Å². The number of halogens is 2. The highest BCUT2D eigenvalue weighted by Gasteiger charge is 2.20. The van der Waals surface area contributed by atoms with E-state index in [0.717, 1.165) is 0 Å². The van der Waals surface area contributed by atoms with Gasteiger partial charge in [0, 0.05) is 12.1 Å². The fourth-order valence-electron chi connectivity index (χ4n) is 2.95. The van der Waals surface area contributed by atoms with E-state index in [9.17, 15) is 4.79 Å². The molecule has 1 amide bonds. The number of furan rings is 1. The summed E-state index contributed by atoms with van der Waals surface area (Å²) in [4.78, 5) is 17.7. The van der Waals surface area contributed by atoms with Crippen LogP contribution in [0.1, 0.15) is 16.1 Å². The first-order valence-electron chi connectivity index (χ1n) is 8.08. The molecule has 27 heavy (non-hydrogen) atoms. The van der Waals surface area contributed by atoms with E-state index >= 15 is 0 Å². The van der Waals surface area contributed by atoms with E-state index in [1.807, 2.05) is 6.92 Å². The predicted octanol–water partition coefficient (Wildman–Crippen LogP) is 5.10. The number of aryl methyl sites for hydroxylation is 2. The molecule has 0 fully saturated rings. The number of benzene rings is 1. The lowest BCUT2D eigenvalue weighted by Gasteiger charge is -2.10. The summed E-state index contributed by atoms with van der Waals surface area (Å²) in [6, 6.07) is 10.1. The zero-order chi connectivity index (χ0) is 19.1. The number of hydrogen-bond acceptors (Lipinski definition) is 4. The lowest BCUT2D eigenvalue weighted by molar-refractivity contribution is 0.102. The van der Waals surface area contributed by atoms with Gasteiger partial charge in [0.05, 0.1) is 33.6 Å². The Bertz CT molecular complexity index is 1170. The quantitative estimate of drug-likeness (QED) is 0.519. The molecule has 6 nitrogen and oxygen atoms in total. The summed E-state index contributed by atoms with van der Waals surface area (Å²) >= 11 is 12.1. The summed E-state index contributed by atoms with van der Waals surface area (Å²) < 4.78 is 7.08. The minimum absolute atomic E-state index is 0.324. The van der Waals surface area contributed by atoms with E-state index in [2.05, 4.69) is 15.4 Å². The number of nitrogens with zero attached hydrogens (tertiary/aromatic N) is 3. The van der Waals surface area contributed by atoms with Crippen LogP contribution >= 0.6 is 23.2 Å². The number of nitrogens with one attached hydrogen (secondary N) is 1. The molecule has 0 saturated heterocycles. The minimum Gasteiger partial charge on any atom is -0.463 e. The number of carbonyl (C=O) groups excluding carboxylic acids is 1. The molecule has 1 N–H and O–H groups in total. The first-order valence-corrected chi connectivity index (χ1v) is 8.84. The van der Waals surface area contributed by atoms with E-state index in [4.69, 9.17) is 27.6 Å². The molecule has 0 aliphatic carbocycles. The Morgan fingerprint density at radius 3 is 2.74 bits per heavy atom. The first kappa shape index (κ1) is 17.6. The summed E-state index contributed by atoms with van der Waals surface area (Å²) in [7, 11) is 1.78. The number of fused-ring (bicyclic) bond motifs is 1. The number of aromatic nitrogens is 3. The Hall–Kier alpha value is -2.83. The van der Waals surface area contributed by atoms with Crippen LogP contribution in [0.3, 0.4) is 0 Å². The Morgan fingerprint density at radius 1 is 1.22 bits per heavy atom. The van der Waals surface area contributed by atoms with Crippen molar-refractivity contribution in [2.45, 2.75) is 6.92 Å². The third-order valence-electron chi connectivity index (χ3n) is 4.17. The Morgan fingerprint density at radius 2 is 2.04 bits per heavy atom. The van der Waals surface area contributed by atoms with Gasteiger partial charge in [-0.3, -0.25) is 9.48 Å². The van der Waals surface area contributed by atoms with Gasteiger partial charge in [0.2, 0.25) is 0 Å². The minimum atomic E-state index is -0.324. The van der Waals surface area contributed by atoms with Crippen molar-refractivity contribution in [3.63, 3.8) is 0 Å². The second kappa shape index (κ2) is 6.72. The highest BCUT2D eigenvalue weighted by atomic mass is 35.5. The van der Waals surface area contributed by atoms with Gasteiger partial charge in [-0.05, 0) is 43.3 Å². The van der Waals surface area contributed by atoms with E-state index < -0.39 is 0 Å². The van der Waals surface area contributed by atoms with Crippen LogP contribution in [0.4, 0.5) is 5.69 Å². The fraction of sp³-hybridized carbons (Fsp3) is 0.105. The molecule has 3 heterocycles. The van der Waals surface area contributed by atoms with Crippen molar-refractivity contribution >= 4 is 45.8 Å². The lowest BCUT2D eigenvalue weighted by atomic mass is 10.1. The molecule has 0 atom stereocenters. The van der Waals surface area contributed by atoms with Crippen LogP contribution in [0.5, 0.6) is 0 Å². The topological polar surface area (TPSA) is 73.0 Å². The lowest BCUT2D eigenvalue weighted by Crippen LogP contribution is -2.13. The Kier molecular flexibility index (Phi) is 4.37. The van der Waals surface area contributed by atoms with Crippen molar-refractivity contribution < 1.29 is 9.21 Å². The molecule has 3 aromatic heterocycles. The maximum absolute atomic E-state index is 13.1. The predicted molar refractivity (Wildman–Crippen MR) is 105 cm³/mol. The van der Waals surface area contributed by atoms with Crippen LogP contribution in [-0.2, 0) is 7.05 Å². The molecule has 0 radical (unpaired) electrons. The van der Waals surface area contributed by atoms with Crippen LogP contribution < -0.4 is 5.32 Å². The molecule has 0 aliphatic heterocycles. The summed E-state index contributed by atoms with van der Waals surface area (Å²) in [5, 5.41) is 8.75. The van der Waals surface area contributed by atoms with Crippen LogP contribution in [0, 0.1) is 6.92 Å². The molecule has 136 valence electrons. The van der Waals surface area contributed by atoms with Crippen molar-refractivity contribution in [2.24, 2.45) is 7.05 Å². The molecule has 0 spiro atoms. The molecule has 4 rings (SSSR count). The van der Waals surface area contributed by atoms with E-state index in [1.54, 1.807) is 54.4 Å². The van der Waals surface area contributed by atoms with Gasteiger partial charge in [0.1, 0.15) is 5.69 Å². The third-order valence-corrected chi connectivity index (χ3v) is 4.71. The second-order valence-corrected chi connectivity index (χ2v) is 6.86. The molecule has 0 saturated carbocycles. The average Bonchev–Trinajstić information content (AvgIpc) is 3.26. The van der Waals surface area contributed by atoms with Crippen molar-refractivity contribution in [1.29, 1.82) is 0 Å². The summed E-state index contributed by atoms with van der Waals surface area (Å²) in [6.45, 7) is 1.84. The number of pyridine rings is 1. The second-order valence-electron chi connectivity index (χ2n) is 6.02. The van der Waals surface area contributed by atoms with Gasteiger partial charge in [-0.1, -0.05) is 23.2 Å². The van der Waals surface area contributed by atoms with Crippen LogP contribution in [0.2, 0.25) is 10.0 Å². The standard InChI is InChI=1S/C19H14Cl2N4O2/c1-10-17-12(19(26)23-14-6-5-11(20)8-13(14)21)9-15(16-4-3-7-27-16)22-18(17)25(2)24-10/h3-9H,1-2H3,(H,23,26). The van der Waals surface area contributed by atoms with Gasteiger partial charge in [-0.25, -0.2) is 4.98 Å². The van der Waals surface area contributed by atoms with Crippen LogP contribution in [0.25, 0.3) is 22.5 Å². The normalized spacial score (nSPS) is 11.1. The van der Waals surface area contributed by atoms with Gasteiger partial charge in [-0.15, -0.1) is 0 Å². The molecular formula is C19H14Cl2N4O2. The zero-order valence-corrected chi connectivity index (χ0v) is 16.0.